The third-order valence-corrected chi connectivity index (χ3v) is 6.81. The van der Waals surface area contributed by atoms with Gasteiger partial charge in [0.25, 0.3) is 5.56 Å². The van der Waals surface area contributed by atoms with Gasteiger partial charge in [-0.1, -0.05) is 12.1 Å². The van der Waals surface area contributed by atoms with Crippen LogP contribution >= 0.6 is 0 Å². The van der Waals surface area contributed by atoms with E-state index in [9.17, 15) is 9.90 Å². The van der Waals surface area contributed by atoms with Crippen LogP contribution in [0.1, 0.15) is 22.5 Å². The third kappa shape index (κ3) is 4.12. The molecule has 0 radical (unpaired) electrons. The molecule has 0 spiro atoms. The fourth-order valence-electron chi connectivity index (χ4n) is 5.00. The first-order valence-corrected chi connectivity index (χ1v) is 11.6. The van der Waals surface area contributed by atoms with Crippen molar-refractivity contribution in [3.63, 3.8) is 0 Å². The molecule has 1 N–H and O–H groups in total. The van der Waals surface area contributed by atoms with Gasteiger partial charge in [0.2, 0.25) is 0 Å². The van der Waals surface area contributed by atoms with Crippen molar-refractivity contribution in [1.29, 1.82) is 0 Å². The van der Waals surface area contributed by atoms with Crippen molar-refractivity contribution in [2.24, 2.45) is 7.05 Å². The molecule has 2 aromatic heterocycles. The maximum absolute atomic E-state index is 13.4. The first-order valence-electron chi connectivity index (χ1n) is 11.6. The van der Waals surface area contributed by atoms with Crippen LogP contribution in [0.15, 0.2) is 53.3 Å². The summed E-state index contributed by atoms with van der Waals surface area (Å²) in [6, 6.07) is 15.3. The average molecular weight is 472 g/mol. The predicted molar refractivity (Wildman–Crippen MR) is 136 cm³/mol. The van der Waals surface area contributed by atoms with E-state index in [2.05, 4.69) is 9.88 Å². The third-order valence-electron chi connectivity index (χ3n) is 6.81. The summed E-state index contributed by atoms with van der Waals surface area (Å²) in [7, 11) is 5.03. The molecule has 0 aliphatic carbocycles. The Hall–Kier alpha value is -3.84. The molecule has 2 aromatic carbocycles. The van der Waals surface area contributed by atoms with Gasteiger partial charge in [0, 0.05) is 55.4 Å². The number of rotatable bonds is 5. The number of pyridine rings is 2. The Morgan fingerprint density at radius 3 is 2.51 bits per heavy atom. The van der Waals surface area contributed by atoms with E-state index in [1.807, 2.05) is 50.4 Å². The smallest absolute Gasteiger partial charge is 0.258 e. The van der Waals surface area contributed by atoms with E-state index in [1.54, 1.807) is 30.9 Å². The van der Waals surface area contributed by atoms with Gasteiger partial charge in [-0.3, -0.25) is 9.69 Å². The number of hydrogen-bond donors (Lipinski definition) is 1. The van der Waals surface area contributed by atoms with E-state index in [-0.39, 0.29) is 11.3 Å². The summed E-state index contributed by atoms with van der Waals surface area (Å²) in [6.45, 7) is 4.19. The van der Waals surface area contributed by atoms with Gasteiger partial charge in [-0.15, -0.1) is 0 Å². The highest BCUT2D eigenvalue weighted by molar-refractivity contribution is 5.98. The first kappa shape index (κ1) is 22.9. The van der Waals surface area contributed by atoms with Crippen molar-refractivity contribution in [2.75, 3.05) is 20.8 Å². The molecule has 35 heavy (non-hydrogen) atoms. The van der Waals surface area contributed by atoms with Gasteiger partial charge < -0.3 is 19.1 Å². The SMILES string of the molecule is COc1ccc(CN2CCc3c(cc(-c4ccc(OC)c5nc(C)ccc45)c(=O)n3C)C2)cc1O. The molecule has 0 bridgehead atoms. The number of nitrogens with zero attached hydrogens (tertiary/aromatic N) is 3. The lowest BCUT2D eigenvalue weighted by atomic mass is 9.96. The lowest BCUT2D eigenvalue weighted by Crippen LogP contribution is -2.35. The summed E-state index contributed by atoms with van der Waals surface area (Å²) >= 11 is 0. The summed E-state index contributed by atoms with van der Waals surface area (Å²) in [5.74, 6) is 1.30. The molecule has 3 heterocycles. The molecule has 0 saturated carbocycles. The van der Waals surface area contributed by atoms with Gasteiger partial charge in [-0.05, 0) is 60.0 Å². The Bertz CT molecular complexity index is 1490. The van der Waals surface area contributed by atoms with Crippen LogP contribution in [0, 0.1) is 6.92 Å². The second-order valence-corrected chi connectivity index (χ2v) is 9.03. The van der Waals surface area contributed by atoms with E-state index in [1.165, 1.54) is 0 Å². The molecule has 0 unspecified atom stereocenters. The molecule has 4 aromatic rings. The van der Waals surface area contributed by atoms with Crippen LogP contribution in [0.4, 0.5) is 0 Å². The van der Waals surface area contributed by atoms with Gasteiger partial charge in [-0.25, -0.2) is 4.98 Å². The van der Waals surface area contributed by atoms with Crippen molar-refractivity contribution in [3.8, 4) is 28.4 Å². The average Bonchev–Trinajstić information content (AvgIpc) is 2.85. The van der Waals surface area contributed by atoms with Gasteiger partial charge in [0.15, 0.2) is 11.5 Å². The monoisotopic (exact) mass is 471 g/mol. The van der Waals surface area contributed by atoms with Crippen molar-refractivity contribution in [2.45, 2.75) is 26.4 Å². The number of aromatic nitrogens is 2. The van der Waals surface area contributed by atoms with Crippen molar-refractivity contribution < 1.29 is 14.6 Å². The van der Waals surface area contributed by atoms with Crippen molar-refractivity contribution in [1.82, 2.24) is 14.5 Å². The van der Waals surface area contributed by atoms with Crippen LogP contribution < -0.4 is 15.0 Å². The molecule has 0 fully saturated rings. The number of methoxy groups -OCH3 is 2. The summed E-state index contributed by atoms with van der Waals surface area (Å²) < 4.78 is 12.5. The predicted octanol–water partition coefficient (Wildman–Crippen LogP) is 4.19. The second-order valence-electron chi connectivity index (χ2n) is 9.03. The maximum Gasteiger partial charge on any atom is 0.258 e. The van der Waals surface area contributed by atoms with Crippen molar-refractivity contribution >= 4 is 10.9 Å². The minimum Gasteiger partial charge on any atom is -0.504 e. The normalized spacial score (nSPS) is 13.6. The van der Waals surface area contributed by atoms with E-state index in [0.717, 1.165) is 51.9 Å². The molecular weight excluding hydrogens is 442 g/mol. The summed E-state index contributed by atoms with van der Waals surface area (Å²) in [5, 5.41) is 11.1. The van der Waals surface area contributed by atoms with Crippen LogP contribution in [0.25, 0.3) is 22.0 Å². The van der Waals surface area contributed by atoms with E-state index >= 15 is 0 Å². The molecule has 0 saturated heterocycles. The Kier molecular flexibility index (Phi) is 5.94. The van der Waals surface area contributed by atoms with Crippen LogP contribution in [0.3, 0.4) is 0 Å². The number of phenolic OH excluding ortho intramolecular Hbond substituents is 1. The summed E-state index contributed by atoms with van der Waals surface area (Å²) in [5.41, 5.74) is 6.37. The molecule has 5 rings (SSSR count). The Balaban J connectivity index is 1.53. The van der Waals surface area contributed by atoms with Gasteiger partial charge in [-0.2, -0.15) is 0 Å². The highest BCUT2D eigenvalue weighted by Crippen LogP contribution is 2.34. The van der Waals surface area contributed by atoms with Crippen molar-refractivity contribution in [3.05, 3.63) is 81.4 Å². The second kappa shape index (κ2) is 9.07. The van der Waals surface area contributed by atoms with Gasteiger partial charge >= 0.3 is 0 Å². The zero-order chi connectivity index (χ0) is 24.7. The van der Waals surface area contributed by atoms with E-state index < -0.39 is 0 Å². The topological polar surface area (TPSA) is 76.8 Å². The largest absolute Gasteiger partial charge is 0.504 e. The van der Waals surface area contributed by atoms with E-state index in [0.29, 0.717) is 30.2 Å². The molecule has 7 heteroatoms. The van der Waals surface area contributed by atoms with Gasteiger partial charge in [0.05, 0.1) is 14.2 Å². The molecule has 0 atom stereocenters. The Morgan fingerprint density at radius 1 is 1.00 bits per heavy atom. The van der Waals surface area contributed by atoms with Crippen LogP contribution in [0.2, 0.25) is 0 Å². The summed E-state index contributed by atoms with van der Waals surface area (Å²) in [6.07, 6.45) is 0.785. The number of phenols is 1. The number of fused-ring (bicyclic) bond motifs is 2. The molecule has 180 valence electrons. The Labute approximate surface area is 204 Å². The standard InChI is InChI=1S/C28H29N3O4/c1-17-5-7-21-20(8-10-26(35-4)27(21)29-17)22-14-19-16-31(12-11-23(19)30(2)28(22)33)15-18-6-9-25(34-3)24(32)13-18/h5-10,13-14,32H,11-12,15-16H2,1-4H3. The number of hydrogen-bond acceptors (Lipinski definition) is 6. The van der Waals surface area contributed by atoms with Crippen LogP contribution in [0.5, 0.6) is 17.2 Å². The van der Waals surface area contributed by atoms with Crippen LogP contribution in [-0.2, 0) is 26.6 Å². The zero-order valence-electron chi connectivity index (χ0n) is 20.5. The maximum atomic E-state index is 13.4. The van der Waals surface area contributed by atoms with Crippen LogP contribution in [-0.4, -0.2) is 40.3 Å². The molecule has 1 aliphatic heterocycles. The highest BCUT2D eigenvalue weighted by atomic mass is 16.5. The molecular formula is C28H29N3O4. The number of aromatic hydroxyl groups is 1. The minimum atomic E-state index is -0.00989. The molecule has 0 amide bonds. The molecule has 7 nitrogen and oxygen atoms in total. The fraction of sp³-hybridized carbons (Fsp3) is 0.286. The van der Waals surface area contributed by atoms with Gasteiger partial charge in [0.1, 0.15) is 11.3 Å². The lowest BCUT2D eigenvalue weighted by molar-refractivity contribution is 0.240. The number of aryl methyl sites for hydroxylation is 1. The fourth-order valence-corrected chi connectivity index (χ4v) is 5.00. The number of benzene rings is 2. The first-order chi connectivity index (χ1) is 16.9. The summed E-state index contributed by atoms with van der Waals surface area (Å²) in [4.78, 5) is 20.4. The quantitative estimate of drug-likeness (QED) is 0.470. The highest BCUT2D eigenvalue weighted by Gasteiger charge is 2.23. The zero-order valence-corrected chi connectivity index (χ0v) is 20.5. The minimum absolute atomic E-state index is 0.00989. The Morgan fingerprint density at radius 2 is 1.77 bits per heavy atom. The molecule has 1 aliphatic rings. The lowest BCUT2D eigenvalue weighted by Gasteiger charge is -2.30. The van der Waals surface area contributed by atoms with E-state index in [4.69, 9.17) is 9.47 Å². The number of ether oxygens (including phenoxy) is 2.